The molecule has 0 aromatic heterocycles. The minimum absolute atomic E-state index is 0.0129. The second kappa shape index (κ2) is 4.28. The molecule has 0 saturated heterocycles. The van der Waals surface area contributed by atoms with Gasteiger partial charge >= 0.3 is 0 Å². The van der Waals surface area contributed by atoms with Crippen LogP contribution in [0.15, 0.2) is 23.8 Å². The quantitative estimate of drug-likeness (QED) is 0.718. The van der Waals surface area contributed by atoms with Crippen LogP contribution in [0.25, 0.3) is 0 Å². The van der Waals surface area contributed by atoms with Crippen LogP contribution in [0.3, 0.4) is 0 Å². The van der Waals surface area contributed by atoms with Crippen molar-refractivity contribution in [3.05, 3.63) is 23.8 Å². The van der Waals surface area contributed by atoms with Gasteiger partial charge in [-0.3, -0.25) is 0 Å². The lowest BCUT2D eigenvalue weighted by Crippen LogP contribution is -2.48. The predicted octanol–water partition coefficient (Wildman–Crippen LogP) is 4.33. The van der Waals surface area contributed by atoms with Crippen LogP contribution in [-0.4, -0.2) is 10.7 Å². The molecule has 0 aromatic carbocycles. The number of aliphatic hydroxyl groups is 1. The van der Waals surface area contributed by atoms with E-state index in [0.29, 0.717) is 0 Å². The van der Waals surface area contributed by atoms with Gasteiger partial charge in [-0.25, -0.2) is 0 Å². The van der Waals surface area contributed by atoms with Crippen LogP contribution in [0, 0.1) is 16.7 Å². The molecule has 1 N–H and O–H groups in total. The Bertz CT molecular complexity index is 336. The first-order chi connectivity index (χ1) is 7.53. The van der Waals surface area contributed by atoms with Gasteiger partial charge < -0.3 is 5.11 Å². The molecule has 0 radical (unpaired) electrons. The zero-order valence-corrected chi connectivity index (χ0v) is 12.5. The average molecular weight is 236 g/mol. The van der Waals surface area contributed by atoms with Gasteiger partial charge in [0.15, 0.2) is 0 Å². The monoisotopic (exact) mass is 236 g/mol. The zero-order chi connectivity index (χ0) is 13.5. The van der Waals surface area contributed by atoms with E-state index in [2.05, 4.69) is 66.7 Å². The van der Waals surface area contributed by atoms with E-state index in [1.165, 1.54) is 0 Å². The second-order valence-electron chi connectivity index (χ2n) is 7.34. The van der Waals surface area contributed by atoms with E-state index in [-0.39, 0.29) is 16.7 Å². The smallest absolute Gasteiger partial charge is 0.0929 e. The Hall–Kier alpha value is -0.560. The first kappa shape index (κ1) is 14.5. The normalized spacial score (nSPS) is 30.4. The molecule has 0 bridgehead atoms. The Morgan fingerprint density at radius 2 is 1.71 bits per heavy atom. The van der Waals surface area contributed by atoms with Gasteiger partial charge in [-0.1, -0.05) is 66.7 Å². The third kappa shape index (κ3) is 2.65. The van der Waals surface area contributed by atoms with Crippen molar-refractivity contribution in [3.8, 4) is 0 Å². The Balaban J connectivity index is 3.28. The van der Waals surface area contributed by atoms with E-state index in [0.717, 1.165) is 12.0 Å². The van der Waals surface area contributed by atoms with Crippen LogP contribution in [0.4, 0.5) is 0 Å². The first-order valence-electron chi connectivity index (χ1n) is 6.65. The largest absolute Gasteiger partial charge is 0.385 e. The summed E-state index contributed by atoms with van der Waals surface area (Å²) in [6.07, 6.45) is 7.15. The second-order valence-corrected chi connectivity index (χ2v) is 7.34. The molecule has 1 heteroatoms. The van der Waals surface area contributed by atoms with Crippen molar-refractivity contribution in [1.82, 2.24) is 0 Å². The summed E-state index contributed by atoms with van der Waals surface area (Å²) in [6.45, 7) is 15.2. The van der Waals surface area contributed by atoms with Crippen molar-refractivity contribution in [2.75, 3.05) is 0 Å². The molecule has 2 unspecified atom stereocenters. The minimum atomic E-state index is -0.703. The standard InChI is InChI=1S/C16H28O/c1-8-16(17)12(14(2,3)4)10-9-11-13(16)15(5,6)7/h9-12,17H,8H2,1-7H3. The maximum Gasteiger partial charge on any atom is 0.0929 e. The van der Waals surface area contributed by atoms with Crippen molar-refractivity contribution in [3.63, 3.8) is 0 Å². The molecule has 0 heterocycles. The fraction of sp³-hybridized carbons (Fsp3) is 0.750. The van der Waals surface area contributed by atoms with Crippen LogP contribution in [0.5, 0.6) is 0 Å². The van der Waals surface area contributed by atoms with Crippen LogP contribution < -0.4 is 0 Å². The van der Waals surface area contributed by atoms with Crippen molar-refractivity contribution in [1.29, 1.82) is 0 Å². The number of hydrogen-bond donors (Lipinski definition) is 1. The van der Waals surface area contributed by atoms with E-state index in [9.17, 15) is 5.11 Å². The summed E-state index contributed by atoms with van der Waals surface area (Å²) in [4.78, 5) is 0. The van der Waals surface area contributed by atoms with Crippen LogP contribution >= 0.6 is 0 Å². The maximum absolute atomic E-state index is 11.2. The summed E-state index contributed by atoms with van der Waals surface area (Å²) in [5.41, 5.74) is 0.547. The molecule has 0 aliphatic heterocycles. The van der Waals surface area contributed by atoms with E-state index in [1.54, 1.807) is 0 Å². The van der Waals surface area contributed by atoms with Crippen LogP contribution in [0.2, 0.25) is 0 Å². The molecule has 1 aliphatic carbocycles. The van der Waals surface area contributed by atoms with Gasteiger partial charge in [0.05, 0.1) is 5.60 Å². The summed E-state index contributed by atoms with van der Waals surface area (Å²) in [6, 6.07) is 0. The molecule has 2 atom stereocenters. The molecular weight excluding hydrogens is 208 g/mol. The molecule has 0 amide bonds. The van der Waals surface area contributed by atoms with Crippen molar-refractivity contribution >= 4 is 0 Å². The van der Waals surface area contributed by atoms with Gasteiger partial charge in [0.2, 0.25) is 0 Å². The van der Waals surface area contributed by atoms with Crippen LogP contribution in [-0.2, 0) is 0 Å². The lowest BCUT2D eigenvalue weighted by atomic mass is 9.60. The fourth-order valence-electron chi connectivity index (χ4n) is 3.05. The van der Waals surface area contributed by atoms with E-state index >= 15 is 0 Å². The highest BCUT2D eigenvalue weighted by molar-refractivity contribution is 5.35. The lowest BCUT2D eigenvalue weighted by molar-refractivity contribution is -0.0259. The van der Waals surface area contributed by atoms with Gasteiger partial charge in [-0.05, 0) is 22.8 Å². The Morgan fingerprint density at radius 1 is 1.18 bits per heavy atom. The summed E-state index contributed by atoms with van der Waals surface area (Å²) < 4.78 is 0. The predicted molar refractivity (Wildman–Crippen MR) is 74.9 cm³/mol. The number of rotatable bonds is 1. The van der Waals surface area contributed by atoms with Gasteiger partial charge in [-0.15, -0.1) is 0 Å². The fourth-order valence-corrected chi connectivity index (χ4v) is 3.05. The van der Waals surface area contributed by atoms with Crippen molar-refractivity contribution < 1.29 is 5.11 Å². The van der Waals surface area contributed by atoms with Gasteiger partial charge in [0.25, 0.3) is 0 Å². The molecule has 1 aliphatic rings. The van der Waals surface area contributed by atoms with Gasteiger partial charge in [0.1, 0.15) is 0 Å². The van der Waals surface area contributed by atoms with E-state index in [4.69, 9.17) is 0 Å². The third-order valence-corrected chi connectivity index (χ3v) is 3.83. The third-order valence-electron chi connectivity index (χ3n) is 3.83. The van der Waals surface area contributed by atoms with Gasteiger partial charge in [0, 0.05) is 5.92 Å². The molecule has 0 saturated carbocycles. The molecule has 1 nitrogen and oxygen atoms in total. The average Bonchev–Trinajstić information content (AvgIpc) is 2.14. The molecule has 17 heavy (non-hydrogen) atoms. The molecule has 1 rings (SSSR count). The highest BCUT2D eigenvalue weighted by atomic mass is 16.3. The number of hydrogen-bond acceptors (Lipinski definition) is 1. The topological polar surface area (TPSA) is 20.2 Å². The maximum atomic E-state index is 11.2. The summed E-state index contributed by atoms with van der Waals surface area (Å²) >= 11 is 0. The van der Waals surface area contributed by atoms with Gasteiger partial charge in [-0.2, -0.15) is 0 Å². The first-order valence-corrected chi connectivity index (χ1v) is 6.65. The van der Waals surface area contributed by atoms with E-state index in [1.807, 2.05) is 0 Å². The lowest BCUT2D eigenvalue weighted by Gasteiger charge is -2.48. The molecule has 0 fully saturated rings. The molecule has 0 spiro atoms. The van der Waals surface area contributed by atoms with Crippen LogP contribution in [0.1, 0.15) is 54.9 Å². The summed E-state index contributed by atoms with van der Waals surface area (Å²) in [7, 11) is 0. The Kier molecular flexibility index (Phi) is 3.65. The SMILES string of the molecule is CCC1(O)C(C(C)(C)C)=CC=CC1C(C)(C)C. The number of allylic oxidation sites excluding steroid dienone is 2. The molecular formula is C16H28O. The highest BCUT2D eigenvalue weighted by Crippen LogP contribution is 2.48. The zero-order valence-electron chi connectivity index (χ0n) is 12.5. The molecule has 0 aromatic rings. The van der Waals surface area contributed by atoms with Crippen molar-refractivity contribution in [2.45, 2.75) is 60.5 Å². The highest BCUT2D eigenvalue weighted by Gasteiger charge is 2.47. The van der Waals surface area contributed by atoms with E-state index < -0.39 is 5.60 Å². The summed E-state index contributed by atoms with van der Waals surface area (Å²) in [5.74, 6) is 0.180. The Morgan fingerprint density at radius 3 is 2.06 bits per heavy atom. The summed E-state index contributed by atoms with van der Waals surface area (Å²) in [5, 5.41) is 11.2. The van der Waals surface area contributed by atoms with Crippen molar-refractivity contribution in [2.24, 2.45) is 16.7 Å². The molecule has 98 valence electrons. The minimum Gasteiger partial charge on any atom is -0.385 e. The Labute approximate surface area is 107 Å².